The Bertz CT molecular complexity index is 1790. The number of hydrogen-bond donors (Lipinski definition) is 3. The molecular formula is C25H18F2N7O2+. The molecule has 3 heterocycles. The van der Waals surface area contributed by atoms with E-state index in [-0.39, 0.29) is 33.8 Å². The van der Waals surface area contributed by atoms with Gasteiger partial charge >= 0.3 is 5.65 Å². The number of carbonyl (C=O) groups is 1. The minimum absolute atomic E-state index is 0.0139. The second-order valence-electron chi connectivity index (χ2n) is 7.96. The predicted molar refractivity (Wildman–Crippen MR) is 127 cm³/mol. The van der Waals surface area contributed by atoms with Crippen molar-refractivity contribution in [2.45, 2.75) is 13.0 Å². The van der Waals surface area contributed by atoms with Crippen molar-refractivity contribution in [3.05, 3.63) is 93.8 Å². The van der Waals surface area contributed by atoms with E-state index < -0.39 is 29.1 Å². The molecule has 0 saturated carbocycles. The predicted octanol–water partition coefficient (Wildman–Crippen LogP) is 2.18. The van der Waals surface area contributed by atoms with Crippen LogP contribution < -0.4 is 21.1 Å². The van der Waals surface area contributed by atoms with E-state index >= 15 is 0 Å². The molecule has 0 spiro atoms. The molecule has 1 unspecified atom stereocenters. The van der Waals surface area contributed by atoms with E-state index in [1.807, 2.05) is 0 Å². The largest absolute Gasteiger partial charge is 0.382 e. The Morgan fingerprint density at radius 3 is 2.81 bits per heavy atom. The topological polar surface area (TPSA) is 123 Å². The molecule has 0 fully saturated rings. The van der Waals surface area contributed by atoms with E-state index in [0.717, 1.165) is 16.7 Å². The summed E-state index contributed by atoms with van der Waals surface area (Å²) in [5.74, 6) is -0.206. The van der Waals surface area contributed by atoms with E-state index in [0.29, 0.717) is 11.2 Å². The fourth-order valence-electron chi connectivity index (χ4n) is 4.04. The summed E-state index contributed by atoms with van der Waals surface area (Å²) in [6, 6.07) is 8.62. The smallest absolute Gasteiger partial charge is 0.362 e. The zero-order valence-corrected chi connectivity index (χ0v) is 18.8. The number of rotatable bonds is 4. The van der Waals surface area contributed by atoms with Crippen LogP contribution in [0.5, 0.6) is 0 Å². The number of terminal acetylenes is 1. The number of fused-ring (bicyclic) bond motifs is 2. The van der Waals surface area contributed by atoms with Crippen LogP contribution in [0.1, 0.15) is 34.7 Å². The lowest BCUT2D eigenvalue weighted by Gasteiger charge is -2.20. The second-order valence-corrected chi connectivity index (χ2v) is 7.96. The van der Waals surface area contributed by atoms with Crippen LogP contribution in [0.2, 0.25) is 0 Å². The average molecular weight is 486 g/mol. The van der Waals surface area contributed by atoms with E-state index in [1.165, 1.54) is 16.8 Å². The number of benzene rings is 2. The van der Waals surface area contributed by atoms with Crippen LogP contribution in [-0.2, 0) is 0 Å². The molecular weight excluding hydrogens is 468 g/mol. The van der Waals surface area contributed by atoms with Gasteiger partial charge in [-0.15, -0.1) is 10.9 Å². The molecule has 11 heteroatoms. The summed E-state index contributed by atoms with van der Waals surface area (Å²) >= 11 is 0. The molecule has 0 aliphatic rings. The number of anilines is 1. The van der Waals surface area contributed by atoms with Gasteiger partial charge in [0.1, 0.15) is 18.2 Å². The van der Waals surface area contributed by atoms with Crippen molar-refractivity contribution in [3.63, 3.8) is 0 Å². The first-order valence-electron chi connectivity index (χ1n) is 10.7. The van der Waals surface area contributed by atoms with Crippen molar-refractivity contribution in [1.82, 2.24) is 25.0 Å². The molecule has 4 N–H and O–H groups in total. The number of H-pyrrole nitrogens is 1. The van der Waals surface area contributed by atoms with Crippen LogP contribution in [-0.4, -0.2) is 25.5 Å². The van der Waals surface area contributed by atoms with Gasteiger partial charge in [0.15, 0.2) is 23.0 Å². The number of amides is 1. The Balaban J connectivity index is 1.68. The quantitative estimate of drug-likeness (QED) is 0.266. The maximum Gasteiger partial charge on any atom is 0.362 e. The minimum atomic E-state index is -1.15. The van der Waals surface area contributed by atoms with Crippen molar-refractivity contribution in [1.29, 1.82) is 0 Å². The Hall–Kier alpha value is -5.11. The van der Waals surface area contributed by atoms with Crippen molar-refractivity contribution >= 4 is 28.3 Å². The Kier molecular flexibility index (Phi) is 5.41. The highest BCUT2D eigenvalue weighted by atomic mass is 19.2. The Labute approximate surface area is 202 Å². The number of hydrogen-bond acceptors (Lipinski definition) is 5. The molecule has 36 heavy (non-hydrogen) atoms. The molecule has 2 aromatic carbocycles. The average Bonchev–Trinajstić information content (AvgIpc) is 3.21. The first-order chi connectivity index (χ1) is 17.3. The number of aromatic amines is 1. The number of carbonyl (C=O) groups excluding carboxylic acids is 1. The Morgan fingerprint density at radius 2 is 2.06 bits per heavy atom. The van der Waals surface area contributed by atoms with Crippen molar-refractivity contribution in [2.75, 3.05) is 5.73 Å². The molecule has 5 rings (SSSR count). The van der Waals surface area contributed by atoms with E-state index in [4.69, 9.17) is 12.2 Å². The van der Waals surface area contributed by atoms with Gasteiger partial charge in [0.05, 0.1) is 22.6 Å². The highest BCUT2D eigenvalue weighted by Gasteiger charge is 2.28. The molecule has 0 saturated heterocycles. The summed E-state index contributed by atoms with van der Waals surface area (Å²) < 4.78 is 30.4. The number of halogens is 2. The van der Waals surface area contributed by atoms with Gasteiger partial charge < -0.3 is 11.1 Å². The van der Waals surface area contributed by atoms with Gasteiger partial charge in [0, 0.05) is 17.7 Å². The summed E-state index contributed by atoms with van der Waals surface area (Å²) in [5.41, 5.74) is 6.39. The van der Waals surface area contributed by atoms with Crippen LogP contribution in [0.25, 0.3) is 22.2 Å². The lowest BCUT2D eigenvalue weighted by molar-refractivity contribution is -0.577. The Morgan fingerprint density at radius 1 is 1.25 bits per heavy atom. The van der Waals surface area contributed by atoms with Crippen LogP contribution in [0.15, 0.2) is 59.7 Å². The summed E-state index contributed by atoms with van der Waals surface area (Å²) in [6.07, 6.45) is 8.74. The molecule has 0 aliphatic carbocycles. The van der Waals surface area contributed by atoms with Gasteiger partial charge in [-0.2, -0.15) is 0 Å². The fraction of sp³-hybridized carbons (Fsp3) is 0.0800. The standard InChI is InChI=1S/C25H17F2N7O2/c1-3-14-6-4-7-18-19(14)25(36)34(15-8-9-16(26)17(27)12-15)22(31-18)13(2)30-24(35)20-21(28)32-33-11-5-10-29-23(20)33/h1,4-13H,2H3,(H3,28,30,32,35)/p+1. The van der Waals surface area contributed by atoms with Crippen molar-refractivity contribution < 1.29 is 18.1 Å². The number of aromatic nitrogens is 5. The van der Waals surface area contributed by atoms with Gasteiger partial charge in [0.2, 0.25) is 0 Å². The minimum Gasteiger partial charge on any atom is -0.382 e. The monoisotopic (exact) mass is 486 g/mol. The third kappa shape index (κ3) is 3.61. The first kappa shape index (κ1) is 22.7. The SMILES string of the molecule is C#Cc1cccc2nc(C(C)NC(=O)c3c(N)[nH][n+]4cccnc34)n(-c3ccc(F)c(F)c3)c(=O)c12. The first-order valence-corrected chi connectivity index (χ1v) is 10.7. The van der Waals surface area contributed by atoms with Crippen LogP contribution >= 0.6 is 0 Å². The summed E-state index contributed by atoms with van der Waals surface area (Å²) in [7, 11) is 0. The molecule has 1 amide bonds. The third-order valence-corrected chi connectivity index (χ3v) is 5.68. The van der Waals surface area contributed by atoms with E-state index in [9.17, 15) is 18.4 Å². The fourth-order valence-corrected chi connectivity index (χ4v) is 4.04. The highest BCUT2D eigenvalue weighted by molar-refractivity contribution is 6.03. The lowest BCUT2D eigenvalue weighted by atomic mass is 10.1. The van der Waals surface area contributed by atoms with Crippen LogP contribution in [0, 0.1) is 24.0 Å². The molecule has 9 nitrogen and oxygen atoms in total. The molecule has 1 atom stereocenters. The van der Waals surface area contributed by atoms with Gasteiger partial charge in [-0.25, -0.2) is 18.9 Å². The van der Waals surface area contributed by atoms with Crippen LogP contribution in [0.3, 0.4) is 0 Å². The lowest BCUT2D eigenvalue weighted by Crippen LogP contribution is -2.34. The van der Waals surface area contributed by atoms with Crippen molar-refractivity contribution in [3.8, 4) is 18.0 Å². The van der Waals surface area contributed by atoms with Crippen LogP contribution in [0.4, 0.5) is 14.6 Å². The summed E-state index contributed by atoms with van der Waals surface area (Å²) in [6.45, 7) is 1.60. The molecule has 0 radical (unpaired) electrons. The van der Waals surface area contributed by atoms with Gasteiger partial charge in [-0.05, 0) is 36.2 Å². The number of nitrogens with two attached hydrogens (primary N) is 1. The summed E-state index contributed by atoms with van der Waals surface area (Å²) in [4.78, 5) is 35.6. The molecule has 5 aromatic rings. The number of nitrogens with zero attached hydrogens (tertiary/aromatic N) is 4. The van der Waals surface area contributed by atoms with Crippen molar-refractivity contribution in [2.24, 2.45) is 0 Å². The molecule has 0 bridgehead atoms. The maximum atomic E-state index is 14.1. The number of nitrogen functional groups attached to an aromatic ring is 1. The number of nitrogens with one attached hydrogen (secondary N) is 2. The molecule has 3 aromatic heterocycles. The van der Waals surface area contributed by atoms with Gasteiger partial charge in [0.25, 0.3) is 11.5 Å². The maximum absolute atomic E-state index is 14.1. The molecule has 178 valence electrons. The normalized spacial score (nSPS) is 11.9. The second kappa shape index (κ2) is 8.59. The third-order valence-electron chi connectivity index (χ3n) is 5.68. The summed E-state index contributed by atoms with van der Waals surface area (Å²) in [5, 5.41) is 5.72. The zero-order valence-electron chi connectivity index (χ0n) is 18.8. The van der Waals surface area contributed by atoms with E-state index in [2.05, 4.69) is 26.3 Å². The highest BCUT2D eigenvalue weighted by Crippen LogP contribution is 2.22. The van der Waals surface area contributed by atoms with E-state index in [1.54, 1.807) is 37.4 Å². The molecule has 0 aliphatic heterocycles. The van der Waals surface area contributed by atoms with Gasteiger partial charge in [-0.1, -0.05) is 12.0 Å². The zero-order chi connectivity index (χ0) is 25.6. The van der Waals surface area contributed by atoms with Gasteiger partial charge in [-0.3, -0.25) is 14.2 Å².